The Bertz CT molecular complexity index is 1480. The van der Waals surface area contributed by atoms with Gasteiger partial charge in [-0.1, -0.05) is 55.5 Å². The lowest BCUT2D eigenvalue weighted by Crippen LogP contribution is -2.34. The number of tetrazole rings is 1. The molecule has 0 amide bonds. The number of imidazole rings is 1. The number of H-pyrrole nitrogens is 1. The molecule has 0 spiro atoms. The van der Waals surface area contributed by atoms with E-state index in [0.717, 1.165) is 28.7 Å². The molecule has 0 aliphatic heterocycles. The van der Waals surface area contributed by atoms with E-state index in [1.165, 1.54) is 7.11 Å². The Hall–Kier alpha value is -4.42. The molecule has 2 N–H and O–H groups in total. The molecule has 12 nitrogen and oxygen atoms in total. The number of hydrogen-bond donors (Lipinski definition) is 2. The third kappa shape index (κ3) is 6.89. The number of aliphatic hydroxyl groups is 1. The number of carbonyl (C=O) groups is 2. The Morgan fingerprint density at radius 1 is 1.14 bits per heavy atom. The lowest BCUT2D eigenvalue weighted by atomic mass is 9.98. The Morgan fingerprint density at radius 2 is 1.86 bits per heavy atom. The molecule has 0 fully saturated rings. The molecule has 2 aromatic heterocycles. The SMILES string of the molecule is CCCc1nc(C(C)(C)O)c(C(=O)OCC(OC=O)C(C)OC)n1Cc1ccc(-c2ccccc2-c2nn[nH]n2)cc1. The normalized spacial score (nSPS) is 13.0. The van der Waals surface area contributed by atoms with Crippen LogP contribution in [0.5, 0.6) is 0 Å². The van der Waals surface area contributed by atoms with Gasteiger partial charge in [-0.2, -0.15) is 5.21 Å². The smallest absolute Gasteiger partial charge is 0.357 e. The lowest BCUT2D eigenvalue weighted by molar-refractivity contribution is -0.143. The van der Waals surface area contributed by atoms with E-state index < -0.39 is 23.8 Å². The van der Waals surface area contributed by atoms with E-state index in [9.17, 15) is 14.7 Å². The summed E-state index contributed by atoms with van der Waals surface area (Å²) in [4.78, 5) is 29.2. The molecule has 0 aliphatic rings. The average Bonchev–Trinajstić information content (AvgIpc) is 3.64. The molecule has 2 heterocycles. The maximum atomic E-state index is 13.6. The number of aromatic nitrogens is 6. The summed E-state index contributed by atoms with van der Waals surface area (Å²) in [5.41, 5.74) is 2.62. The summed E-state index contributed by atoms with van der Waals surface area (Å²) < 4.78 is 17.7. The molecule has 4 rings (SSSR count). The van der Waals surface area contributed by atoms with Gasteiger partial charge in [-0.25, -0.2) is 9.78 Å². The average molecular weight is 577 g/mol. The number of aromatic amines is 1. The first-order valence-electron chi connectivity index (χ1n) is 13.7. The van der Waals surface area contributed by atoms with E-state index in [2.05, 4.69) is 25.6 Å². The first-order chi connectivity index (χ1) is 20.2. The summed E-state index contributed by atoms with van der Waals surface area (Å²) in [6.45, 7) is 7.27. The summed E-state index contributed by atoms with van der Waals surface area (Å²) in [7, 11) is 1.47. The van der Waals surface area contributed by atoms with Crippen molar-refractivity contribution in [2.75, 3.05) is 13.7 Å². The van der Waals surface area contributed by atoms with Crippen molar-refractivity contribution in [2.24, 2.45) is 0 Å². The zero-order valence-electron chi connectivity index (χ0n) is 24.4. The van der Waals surface area contributed by atoms with Crippen LogP contribution in [0.4, 0.5) is 0 Å². The van der Waals surface area contributed by atoms with E-state index in [1.807, 2.05) is 55.5 Å². The van der Waals surface area contributed by atoms with Gasteiger partial charge >= 0.3 is 5.97 Å². The highest BCUT2D eigenvalue weighted by Crippen LogP contribution is 2.31. The van der Waals surface area contributed by atoms with Gasteiger partial charge in [-0.15, -0.1) is 10.2 Å². The lowest BCUT2D eigenvalue weighted by Gasteiger charge is -2.22. The Balaban J connectivity index is 1.67. The van der Waals surface area contributed by atoms with Gasteiger partial charge in [0.2, 0.25) is 5.82 Å². The zero-order valence-corrected chi connectivity index (χ0v) is 24.4. The van der Waals surface area contributed by atoms with Crippen LogP contribution in [0.15, 0.2) is 48.5 Å². The van der Waals surface area contributed by atoms with Crippen LogP contribution in [0, 0.1) is 0 Å². The largest absolute Gasteiger partial charge is 0.458 e. The van der Waals surface area contributed by atoms with Crippen LogP contribution in [0.25, 0.3) is 22.5 Å². The Morgan fingerprint density at radius 3 is 2.45 bits per heavy atom. The number of benzene rings is 2. The molecule has 42 heavy (non-hydrogen) atoms. The van der Waals surface area contributed by atoms with Gasteiger partial charge < -0.3 is 23.9 Å². The summed E-state index contributed by atoms with van der Waals surface area (Å²) in [6, 6.07) is 15.7. The molecular weight excluding hydrogens is 540 g/mol. The van der Waals surface area contributed by atoms with E-state index in [1.54, 1.807) is 25.3 Å². The minimum absolute atomic E-state index is 0.146. The third-order valence-corrected chi connectivity index (χ3v) is 6.92. The number of hydrogen-bond acceptors (Lipinski definition) is 10. The van der Waals surface area contributed by atoms with Crippen molar-refractivity contribution in [3.05, 3.63) is 71.3 Å². The fourth-order valence-corrected chi connectivity index (χ4v) is 4.63. The van der Waals surface area contributed by atoms with Gasteiger partial charge in [0.25, 0.3) is 6.47 Å². The van der Waals surface area contributed by atoms with Gasteiger partial charge in [0.15, 0.2) is 11.8 Å². The summed E-state index contributed by atoms with van der Waals surface area (Å²) in [6.07, 6.45) is 0.0743. The maximum absolute atomic E-state index is 13.6. The van der Waals surface area contributed by atoms with Crippen molar-refractivity contribution in [1.29, 1.82) is 0 Å². The second-order valence-electron chi connectivity index (χ2n) is 10.4. The standard InChI is InChI=1S/C30H36N6O6/c1-6-9-25-31-27(30(3,4)39)26(29(38)41-17-24(42-18-37)19(2)40-5)36(25)16-20-12-14-21(15-13-20)22-10-7-8-11-23(22)28-32-34-35-33-28/h7-8,10-15,18-19,24,39H,6,9,16-17H2,1-5H3,(H,32,33,34,35). The number of nitrogens with zero attached hydrogens (tertiary/aromatic N) is 5. The van der Waals surface area contributed by atoms with Gasteiger partial charge in [-0.3, -0.25) is 4.79 Å². The van der Waals surface area contributed by atoms with Crippen molar-refractivity contribution < 1.29 is 28.9 Å². The monoisotopic (exact) mass is 576 g/mol. The fourth-order valence-electron chi connectivity index (χ4n) is 4.63. The Kier molecular flexibility index (Phi) is 9.81. The topological polar surface area (TPSA) is 154 Å². The van der Waals surface area contributed by atoms with Crippen LogP contribution in [0.1, 0.15) is 61.7 Å². The van der Waals surface area contributed by atoms with Crippen LogP contribution in [-0.2, 0) is 37.6 Å². The molecule has 0 bridgehead atoms. The molecule has 2 atom stereocenters. The molecule has 4 aromatic rings. The maximum Gasteiger partial charge on any atom is 0.357 e. The van der Waals surface area contributed by atoms with Crippen molar-refractivity contribution in [3.63, 3.8) is 0 Å². The molecule has 2 aromatic carbocycles. The van der Waals surface area contributed by atoms with Crippen LogP contribution in [0.3, 0.4) is 0 Å². The molecular formula is C30H36N6O6. The van der Waals surface area contributed by atoms with E-state index >= 15 is 0 Å². The first kappa shape index (κ1) is 30.5. The van der Waals surface area contributed by atoms with Gasteiger partial charge in [0.05, 0.1) is 6.10 Å². The van der Waals surface area contributed by atoms with Crippen molar-refractivity contribution in [2.45, 2.75) is 64.9 Å². The number of methoxy groups -OCH3 is 1. The minimum Gasteiger partial charge on any atom is -0.458 e. The van der Waals surface area contributed by atoms with E-state index in [-0.39, 0.29) is 18.0 Å². The molecule has 0 saturated carbocycles. The number of nitrogens with one attached hydrogen (secondary N) is 1. The highest BCUT2D eigenvalue weighted by molar-refractivity contribution is 5.89. The minimum atomic E-state index is -1.41. The number of ether oxygens (including phenoxy) is 3. The Labute approximate surface area is 244 Å². The molecule has 2 unspecified atom stereocenters. The van der Waals surface area contributed by atoms with Crippen LogP contribution in [0.2, 0.25) is 0 Å². The van der Waals surface area contributed by atoms with Crippen LogP contribution in [-0.4, -0.2) is 73.6 Å². The number of aryl methyl sites for hydroxylation is 1. The number of esters is 1. The fraction of sp³-hybridized carbons (Fsp3) is 0.400. The molecule has 12 heteroatoms. The highest BCUT2D eigenvalue weighted by Gasteiger charge is 2.33. The van der Waals surface area contributed by atoms with Crippen molar-refractivity contribution in [1.82, 2.24) is 30.2 Å². The third-order valence-electron chi connectivity index (χ3n) is 6.92. The highest BCUT2D eigenvalue weighted by atomic mass is 16.6. The van der Waals surface area contributed by atoms with E-state index in [0.29, 0.717) is 31.1 Å². The van der Waals surface area contributed by atoms with E-state index in [4.69, 9.17) is 14.2 Å². The second-order valence-corrected chi connectivity index (χ2v) is 10.4. The first-order valence-corrected chi connectivity index (χ1v) is 13.7. The molecule has 0 radical (unpaired) electrons. The predicted molar refractivity (Wildman–Crippen MR) is 153 cm³/mol. The summed E-state index contributed by atoms with van der Waals surface area (Å²) in [5.74, 6) is 0.467. The number of carbonyl (C=O) groups excluding carboxylic acids is 2. The van der Waals surface area contributed by atoms with Crippen molar-refractivity contribution >= 4 is 12.4 Å². The number of rotatable bonds is 14. The molecule has 0 aliphatic carbocycles. The van der Waals surface area contributed by atoms with Crippen LogP contribution >= 0.6 is 0 Å². The van der Waals surface area contributed by atoms with Gasteiger partial charge in [0.1, 0.15) is 23.7 Å². The van der Waals surface area contributed by atoms with Gasteiger partial charge in [-0.05, 0) is 49.1 Å². The zero-order chi connectivity index (χ0) is 30.3. The molecule has 0 saturated heterocycles. The van der Waals surface area contributed by atoms with Crippen LogP contribution < -0.4 is 0 Å². The summed E-state index contributed by atoms with van der Waals surface area (Å²) in [5, 5.41) is 25.4. The summed E-state index contributed by atoms with van der Waals surface area (Å²) >= 11 is 0. The van der Waals surface area contributed by atoms with Crippen molar-refractivity contribution in [3.8, 4) is 22.5 Å². The van der Waals surface area contributed by atoms with Gasteiger partial charge in [0, 0.05) is 25.6 Å². The quantitative estimate of drug-likeness (QED) is 0.168. The molecule has 222 valence electrons. The second kappa shape index (κ2) is 13.5. The predicted octanol–water partition coefficient (Wildman–Crippen LogP) is 3.69.